The number of carbonyl (C=O) groups excluding carboxylic acids is 2. The molecule has 2 aromatic carbocycles. The monoisotopic (exact) mass is 346 g/mol. The number of amides is 2. The van der Waals surface area contributed by atoms with Crippen molar-refractivity contribution < 1.29 is 23.1 Å². The molecule has 1 heterocycles. The van der Waals surface area contributed by atoms with Crippen molar-refractivity contribution in [1.29, 1.82) is 0 Å². The van der Waals surface area contributed by atoms with Crippen molar-refractivity contribution in [3.05, 3.63) is 71.3 Å². The van der Waals surface area contributed by atoms with E-state index in [4.69, 9.17) is 4.74 Å². The number of nitrogens with one attached hydrogen (secondary N) is 2. The number of carbonyl (C=O) groups is 2. The molecule has 0 aliphatic carbocycles. The molecule has 1 saturated heterocycles. The van der Waals surface area contributed by atoms with Crippen LogP contribution in [0.15, 0.2) is 48.5 Å². The number of hydrogen-bond donors (Lipinski definition) is 2. The summed E-state index contributed by atoms with van der Waals surface area (Å²) in [5, 5.41) is 5.19. The van der Waals surface area contributed by atoms with Crippen molar-refractivity contribution in [2.75, 3.05) is 0 Å². The molecule has 0 radical (unpaired) electrons. The smallest absolute Gasteiger partial charge is 0.407 e. The van der Waals surface area contributed by atoms with Crippen LogP contribution in [0.2, 0.25) is 0 Å². The van der Waals surface area contributed by atoms with Crippen LogP contribution in [0.5, 0.6) is 0 Å². The van der Waals surface area contributed by atoms with Gasteiger partial charge >= 0.3 is 6.09 Å². The van der Waals surface area contributed by atoms with E-state index >= 15 is 0 Å². The van der Waals surface area contributed by atoms with E-state index in [0.717, 1.165) is 23.8 Å². The van der Waals surface area contributed by atoms with Crippen LogP contribution >= 0.6 is 0 Å². The summed E-state index contributed by atoms with van der Waals surface area (Å²) < 4.78 is 31.9. The molecular weight excluding hydrogens is 330 g/mol. The van der Waals surface area contributed by atoms with Gasteiger partial charge in [0, 0.05) is 12.5 Å². The second-order valence-corrected chi connectivity index (χ2v) is 5.76. The van der Waals surface area contributed by atoms with E-state index in [0.29, 0.717) is 0 Å². The first-order valence-corrected chi connectivity index (χ1v) is 7.74. The number of halogens is 2. The SMILES string of the molecule is O=C1CC(NC(=O)OCc2ccccc2)C(c2cc(F)cc(F)c2)N1. The normalized spacial score (nSPS) is 19.4. The molecule has 2 N–H and O–H groups in total. The van der Waals surface area contributed by atoms with Crippen molar-refractivity contribution in [1.82, 2.24) is 10.6 Å². The molecule has 3 rings (SSSR count). The van der Waals surface area contributed by atoms with Crippen LogP contribution in [-0.2, 0) is 16.1 Å². The fraction of sp³-hybridized carbons (Fsp3) is 0.222. The van der Waals surface area contributed by atoms with Crippen molar-refractivity contribution in [3.8, 4) is 0 Å². The molecule has 1 aliphatic heterocycles. The molecule has 5 nitrogen and oxygen atoms in total. The fourth-order valence-electron chi connectivity index (χ4n) is 2.77. The topological polar surface area (TPSA) is 67.4 Å². The van der Waals surface area contributed by atoms with E-state index in [2.05, 4.69) is 10.6 Å². The first-order valence-electron chi connectivity index (χ1n) is 7.74. The van der Waals surface area contributed by atoms with E-state index in [1.54, 1.807) is 0 Å². The summed E-state index contributed by atoms with van der Waals surface area (Å²) in [6.07, 6.45) is -0.698. The Balaban J connectivity index is 1.65. The number of benzene rings is 2. The summed E-state index contributed by atoms with van der Waals surface area (Å²) in [6.45, 7) is 0.0834. The Morgan fingerprint density at radius 1 is 1.16 bits per heavy atom. The maximum absolute atomic E-state index is 13.4. The van der Waals surface area contributed by atoms with Crippen LogP contribution in [0.4, 0.5) is 13.6 Å². The number of rotatable bonds is 4. The highest BCUT2D eigenvalue weighted by Gasteiger charge is 2.35. The highest BCUT2D eigenvalue weighted by atomic mass is 19.1. The molecule has 1 aliphatic rings. The average Bonchev–Trinajstić information content (AvgIpc) is 2.93. The Labute approximate surface area is 143 Å². The maximum Gasteiger partial charge on any atom is 0.407 e. The lowest BCUT2D eigenvalue weighted by Gasteiger charge is -2.20. The number of ether oxygens (including phenoxy) is 1. The van der Waals surface area contributed by atoms with Crippen molar-refractivity contribution in [2.45, 2.75) is 25.1 Å². The first kappa shape index (κ1) is 16.9. The second kappa shape index (κ2) is 7.29. The zero-order valence-electron chi connectivity index (χ0n) is 13.2. The number of hydrogen-bond acceptors (Lipinski definition) is 3. The third-order valence-corrected chi connectivity index (χ3v) is 3.88. The van der Waals surface area contributed by atoms with Gasteiger partial charge in [0.15, 0.2) is 0 Å². The summed E-state index contributed by atoms with van der Waals surface area (Å²) in [5.74, 6) is -1.81. The van der Waals surface area contributed by atoms with Gasteiger partial charge in [0.2, 0.25) is 5.91 Å². The predicted octanol–water partition coefficient (Wildman–Crippen LogP) is 2.82. The van der Waals surface area contributed by atoms with Gasteiger partial charge in [0.25, 0.3) is 0 Å². The van der Waals surface area contributed by atoms with E-state index in [1.165, 1.54) is 0 Å². The highest BCUT2D eigenvalue weighted by molar-refractivity contribution is 5.81. The van der Waals surface area contributed by atoms with Gasteiger partial charge in [-0.25, -0.2) is 13.6 Å². The van der Waals surface area contributed by atoms with Gasteiger partial charge < -0.3 is 15.4 Å². The van der Waals surface area contributed by atoms with Gasteiger partial charge in [0.1, 0.15) is 18.2 Å². The highest BCUT2D eigenvalue weighted by Crippen LogP contribution is 2.26. The molecule has 2 unspecified atom stereocenters. The molecule has 1 fully saturated rings. The van der Waals surface area contributed by atoms with E-state index in [-0.39, 0.29) is 24.5 Å². The molecule has 0 saturated carbocycles. The van der Waals surface area contributed by atoms with Crippen molar-refractivity contribution in [3.63, 3.8) is 0 Å². The maximum atomic E-state index is 13.4. The predicted molar refractivity (Wildman–Crippen MR) is 85.4 cm³/mol. The molecular formula is C18H16F2N2O3. The molecule has 130 valence electrons. The lowest BCUT2D eigenvalue weighted by Crippen LogP contribution is -2.38. The summed E-state index contributed by atoms with van der Waals surface area (Å²) in [5.41, 5.74) is 1.07. The summed E-state index contributed by atoms with van der Waals surface area (Å²) in [4.78, 5) is 23.6. The second-order valence-electron chi connectivity index (χ2n) is 5.76. The van der Waals surface area contributed by atoms with Crippen molar-refractivity contribution >= 4 is 12.0 Å². The van der Waals surface area contributed by atoms with Gasteiger partial charge in [-0.05, 0) is 23.3 Å². The average molecular weight is 346 g/mol. The Morgan fingerprint density at radius 3 is 2.52 bits per heavy atom. The van der Waals surface area contributed by atoms with E-state index in [1.807, 2.05) is 30.3 Å². The number of alkyl carbamates (subject to hydrolysis) is 1. The molecule has 2 atom stereocenters. The lowest BCUT2D eigenvalue weighted by atomic mass is 10.0. The fourth-order valence-corrected chi connectivity index (χ4v) is 2.77. The summed E-state index contributed by atoms with van der Waals surface area (Å²) in [7, 11) is 0. The summed E-state index contributed by atoms with van der Waals surface area (Å²) >= 11 is 0. The Kier molecular flexibility index (Phi) is 4.92. The molecule has 2 amide bonds. The van der Waals surface area contributed by atoms with Gasteiger partial charge in [0.05, 0.1) is 12.1 Å². The third-order valence-electron chi connectivity index (χ3n) is 3.88. The molecule has 0 bridgehead atoms. The van der Waals surface area contributed by atoms with Gasteiger partial charge in [-0.2, -0.15) is 0 Å². The molecule has 0 spiro atoms. The minimum absolute atomic E-state index is 0.00321. The molecule has 0 aromatic heterocycles. The summed E-state index contributed by atoms with van der Waals surface area (Å²) in [6, 6.07) is 10.7. The van der Waals surface area contributed by atoms with Crippen LogP contribution in [0.3, 0.4) is 0 Å². The van der Waals surface area contributed by atoms with Crippen LogP contribution in [0.1, 0.15) is 23.6 Å². The van der Waals surface area contributed by atoms with Gasteiger partial charge in [-0.15, -0.1) is 0 Å². The molecule has 2 aromatic rings. The largest absolute Gasteiger partial charge is 0.445 e. The minimum Gasteiger partial charge on any atom is -0.445 e. The zero-order valence-corrected chi connectivity index (χ0v) is 13.2. The van der Waals surface area contributed by atoms with Crippen LogP contribution in [0, 0.1) is 11.6 Å². The zero-order chi connectivity index (χ0) is 17.8. The minimum atomic E-state index is -0.749. The Bertz CT molecular complexity index is 763. The van der Waals surface area contributed by atoms with Crippen LogP contribution in [0.25, 0.3) is 0 Å². The molecule has 25 heavy (non-hydrogen) atoms. The Hall–Kier alpha value is -2.96. The quantitative estimate of drug-likeness (QED) is 0.895. The molecule has 7 heteroatoms. The van der Waals surface area contributed by atoms with E-state index in [9.17, 15) is 18.4 Å². The van der Waals surface area contributed by atoms with Crippen LogP contribution < -0.4 is 10.6 Å². The lowest BCUT2D eigenvalue weighted by molar-refractivity contribution is -0.119. The van der Waals surface area contributed by atoms with E-state index < -0.39 is 29.8 Å². The first-order chi connectivity index (χ1) is 12.0. The van der Waals surface area contributed by atoms with Crippen molar-refractivity contribution in [2.24, 2.45) is 0 Å². The van der Waals surface area contributed by atoms with Gasteiger partial charge in [-0.1, -0.05) is 30.3 Å². The standard InChI is InChI=1S/C18H16F2N2O3/c19-13-6-12(7-14(20)8-13)17-15(9-16(23)22-17)21-18(24)25-10-11-4-2-1-3-5-11/h1-8,15,17H,9-10H2,(H,21,24)(H,22,23). The Morgan fingerprint density at radius 2 is 1.84 bits per heavy atom. The third kappa shape index (κ3) is 4.32. The van der Waals surface area contributed by atoms with Gasteiger partial charge in [-0.3, -0.25) is 4.79 Å². The van der Waals surface area contributed by atoms with Crippen LogP contribution in [-0.4, -0.2) is 18.0 Å².